The van der Waals surface area contributed by atoms with Crippen molar-refractivity contribution in [2.45, 2.75) is 10.8 Å². The Bertz CT molecular complexity index is 1140. The number of hydrogen-bond acceptors (Lipinski definition) is 8. The molecule has 0 amide bonds. The molecule has 10 heteroatoms. The monoisotopic (exact) mass is 391 g/mol. The van der Waals surface area contributed by atoms with E-state index in [-0.39, 0.29) is 22.6 Å². The van der Waals surface area contributed by atoms with Gasteiger partial charge in [0, 0.05) is 37.1 Å². The molecule has 0 bridgehead atoms. The number of thioether (sulfide) groups is 1. The Hall–Kier alpha value is -3.89. The van der Waals surface area contributed by atoms with Gasteiger partial charge in [-0.3, -0.25) is 10.1 Å². The highest BCUT2D eigenvalue weighted by atomic mass is 32.2. The molecule has 2 aromatic heterocycles. The molecule has 0 aliphatic carbocycles. The first-order chi connectivity index (χ1) is 13.5. The molecule has 0 saturated heterocycles. The van der Waals surface area contributed by atoms with Gasteiger partial charge in [-0.2, -0.15) is 10.5 Å². The Morgan fingerprint density at radius 2 is 1.93 bits per heavy atom. The first-order valence-corrected chi connectivity index (χ1v) is 8.92. The van der Waals surface area contributed by atoms with Crippen LogP contribution in [0.4, 0.5) is 11.5 Å². The molecule has 0 aliphatic rings. The molecule has 0 fully saturated rings. The third-order valence-electron chi connectivity index (χ3n) is 4.04. The van der Waals surface area contributed by atoms with E-state index in [0.717, 1.165) is 5.82 Å². The molecular weight excluding hydrogens is 378 g/mol. The van der Waals surface area contributed by atoms with E-state index < -0.39 is 4.92 Å². The number of nitro benzene ring substituents is 1. The van der Waals surface area contributed by atoms with Crippen molar-refractivity contribution in [2.75, 3.05) is 5.73 Å². The van der Waals surface area contributed by atoms with Crippen LogP contribution in [0.5, 0.6) is 0 Å². The number of aromatic nitrogens is 3. The first-order valence-electron chi connectivity index (χ1n) is 7.93. The van der Waals surface area contributed by atoms with Gasteiger partial charge in [0.05, 0.1) is 16.2 Å². The van der Waals surface area contributed by atoms with Crippen molar-refractivity contribution in [2.24, 2.45) is 7.05 Å². The third-order valence-corrected chi connectivity index (χ3v) is 5.01. The van der Waals surface area contributed by atoms with Gasteiger partial charge in [-0.05, 0) is 17.7 Å². The Morgan fingerprint density at radius 3 is 2.46 bits per heavy atom. The van der Waals surface area contributed by atoms with Crippen molar-refractivity contribution < 1.29 is 4.92 Å². The summed E-state index contributed by atoms with van der Waals surface area (Å²) in [6, 6.07) is 9.68. The van der Waals surface area contributed by atoms with E-state index in [1.54, 1.807) is 6.20 Å². The first kappa shape index (κ1) is 18.9. The van der Waals surface area contributed by atoms with Crippen LogP contribution in [0.2, 0.25) is 0 Å². The summed E-state index contributed by atoms with van der Waals surface area (Å²) in [5.41, 5.74) is 6.92. The number of nitrogen functional groups attached to an aromatic ring is 1. The molecule has 1 aromatic carbocycles. The maximum Gasteiger partial charge on any atom is 0.269 e. The number of nitrogens with two attached hydrogens (primary N) is 1. The Balaban J connectivity index is 2.11. The average Bonchev–Trinajstić information content (AvgIpc) is 3.10. The molecule has 28 heavy (non-hydrogen) atoms. The highest BCUT2D eigenvalue weighted by Gasteiger charge is 2.21. The normalized spacial score (nSPS) is 10.2. The summed E-state index contributed by atoms with van der Waals surface area (Å²) in [5.74, 6) is 1.24. The Kier molecular flexibility index (Phi) is 5.25. The lowest BCUT2D eigenvalue weighted by molar-refractivity contribution is -0.384. The van der Waals surface area contributed by atoms with Crippen molar-refractivity contribution >= 4 is 23.3 Å². The van der Waals surface area contributed by atoms with Gasteiger partial charge in [-0.25, -0.2) is 9.97 Å². The molecule has 3 aromatic rings. The van der Waals surface area contributed by atoms with Gasteiger partial charge in [0.1, 0.15) is 34.4 Å². The maximum absolute atomic E-state index is 10.9. The fraction of sp³-hybridized carbons (Fsp3) is 0.111. The summed E-state index contributed by atoms with van der Waals surface area (Å²) in [7, 11) is 1.86. The van der Waals surface area contributed by atoms with Crippen LogP contribution < -0.4 is 5.73 Å². The van der Waals surface area contributed by atoms with Gasteiger partial charge in [0.2, 0.25) is 0 Å². The molecule has 2 heterocycles. The van der Waals surface area contributed by atoms with E-state index in [9.17, 15) is 20.6 Å². The number of rotatable bonds is 5. The molecule has 9 nitrogen and oxygen atoms in total. The Labute approximate surface area is 164 Å². The number of imidazole rings is 1. The molecule has 2 N–H and O–H groups in total. The second kappa shape index (κ2) is 7.78. The maximum atomic E-state index is 10.9. The third kappa shape index (κ3) is 3.49. The minimum atomic E-state index is -0.519. The van der Waals surface area contributed by atoms with E-state index in [0.29, 0.717) is 21.9 Å². The summed E-state index contributed by atoms with van der Waals surface area (Å²) in [6.07, 6.45) is 3.48. The summed E-state index contributed by atoms with van der Waals surface area (Å²) in [4.78, 5) is 18.8. The van der Waals surface area contributed by atoms with Gasteiger partial charge in [-0.1, -0.05) is 11.8 Å². The van der Waals surface area contributed by atoms with Crippen LogP contribution in [-0.2, 0) is 12.8 Å². The van der Waals surface area contributed by atoms with Gasteiger partial charge in [0.25, 0.3) is 5.69 Å². The van der Waals surface area contributed by atoms with Crippen LogP contribution in [0, 0.1) is 32.8 Å². The number of pyridine rings is 1. The van der Waals surface area contributed by atoms with E-state index in [2.05, 4.69) is 16.0 Å². The number of nitro groups is 1. The average molecular weight is 391 g/mol. The van der Waals surface area contributed by atoms with Crippen LogP contribution in [-0.4, -0.2) is 19.5 Å². The number of anilines is 1. The zero-order chi connectivity index (χ0) is 20.3. The number of nitrogens with zero attached hydrogens (tertiary/aromatic N) is 6. The van der Waals surface area contributed by atoms with Crippen molar-refractivity contribution in [3.63, 3.8) is 0 Å². The number of aryl methyl sites for hydroxylation is 1. The van der Waals surface area contributed by atoms with Crippen molar-refractivity contribution in [1.82, 2.24) is 14.5 Å². The SMILES string of the molecule is Cn1ccnc1CSc1nc(N)c(C#N)c(-c2ccc([N+](=O)[O-])cc2)c1C#N. The van der Waals surface area contributed by atoms with E-state index in [1.165, 1.54) is 36.0 Å². The predicted octanol–water partition coefficient (Wildman–Crippen LogP) is 3.01. The van der Waals surface area contributed by atoms with E-state index >= 15 is 0 Å². The van der Waals surface area contributed by atoms with Gasteiger partial charge in [-0.15, -0.1) is 0 Å². The van der Waals surface area contributed by atoms with Crippen LogP contribution >= 0.6 is 11.8 Å². The number of nitriles is 2. The van der Waals surface area contributed by atoms with E-state index in [4.69, 9.17) is 5.73 Å². The fourth-order valence-electron chi connectivity index (χ4n) is 2.61. The standard InChI is InChI=1S/C18H13N7O2S/c1-24-7-6-22-15(24)10-28-18-14(9-20)16(13(8-19)17(21)23-18)11-2-4-12(5-3-11)25(26)27/h2-7H,10H2,1H3,(H2,21,23). The predicted molar refractivity (Wildman–Crippen MR) is 103 cm³/mol. The lowest BCUT2D eigenvalue weighted by Gasteiger charge is -2.13. The molecule has 0 spiro atoms. The molecule has 0 radical (unpaired) electrons. The van der Waals surface area contributed by atoms with Crippen LogP contribution in [0.3, 0.4) is 0 Å². The van der Waals surface area contributed by atoms with Crippen LogP contribution in [0.1, 0.15) is 17.0 Å². The van der Waals surface area contributed by atoms with Crippen molar-refractivity contribution in [1.29, 1.82) is 10.5 Å². The molecule has 0 atom stereocenters. The summed E-state index contributed by atoms with van der Waals surface area (Å²) >= 11 is 1.28. The number of benzene rings is 1. The van der Waals surface area contributed by atoms with E-state index in [1.807, 2.05) is 23.9 Å². The molecule has 138 valence electrons. The molecule has 0 unspecified atom stereocenters. The largest absolute Gasteiger partial charge is 0.383 e. The van der Waals surface area contributed by atoms with Gasteiger partial charge in [0.15, 0.2) is 0 Å². The quantitative estimate of drug-likeness (QED) is 0.396. The second-order valence-corrected chi connectivity index (χ2v) is 6.66. The minimum Gasteiger partial charge on any atom is -0.383 e. The lowest BCUT2D eigenvalue weighted by atomic mass is 9.97. The van der Waals surface area contributed by atoms with Crippen molar-refractivity contribution in [3.8, 4) is 23.3 Å². The molecule has 0 saturated carbocycles. The fourth-order valence-corrected chi connectivity index (χ4v) is 3.61. The van der Waals surface area contributed by atoms with Gasteiger partial charge < -0.3 is 10.3 Å². The molecule has 3 rings (SSSR count). The van der Waals surface area contributed by atoms with Crippen LogP contribution in [0.15, 0.2) is 41.7 Å². The van der Waals surface area contributed by atoms with Crippen molar-refractivity contribution in [3.05, 3.63) is 63.7 Å². The lowest BCUT2D eigenvalue weighted by Crippen LogP contribution is -2.04. The molecular formula is C18H13N7O2S. The summed E-state index contributed by atoms with van der Waals surface area (Å²) in [5, 5.41) is 30.5. The zero-order valence-corrected chi connectivity index (χ0v) is 15.5. The highest BCUT2D eigenvalue weighted by molar-refractivity contribution is 7.98. The zero-order valence-electron chi connectivity index (χ0n) is 14.7. The topological polar surface area (TPSA) is 147 Å². The minimum absolute atomic E-state index is 0.00260. The summed E-state index contributed by atoms with van der Waals surface area (Å²) < 4.78 is 1.85. The number of hydrogen-bond donors (Lipinski definition) is 1. The number of non-ortho nitro benzene ring substituents is 1. The van der Waals surface area contributed by atoms with Crippen LogP contribution in [0.25, 0.3) is 11.1 Å². The second-order valence-electron chi connectivity index (χ2n) is 5.70. The summed E-state index contributed by atoms with van der Waals surface area (Å²) in [6.45, 7) is 0. The van der Waals surface area contributed by atoms with Gasteiger partial charge >= 0.3 is 0 Å². The highest BCUT2D eigenvalue weighted by Crippen LogP contribution is 2.36. The molecule has 0 aliphatic heterocycles. The smallest absolute Gasteiger partial charge is 0.269 e. The Morgan fingerprint density at radius 1 is 1.25 bits per heavy atom.